The van der Waals surface area contributed by atoms with Crippen molar-refractivity contribution in [3.8, 4) is 5.75 Å². The first-order chi connectivity index (χ1) is 18.4. The summed E-state index contributed by atoms with van der Waals surface area (Å²) in [7, 11) is -4.16. The molecule has 1 aromatic heterocycles. The van der Waals surface area contributed by atoms with Gasteiger partial charge in [-0.25, -0.2) is 9.36 Å². The van der Waals surface area contributed by atoms with Crippen LogP contribution < -0.4 is 14.2 Å². The molecule has 13 heteroatoms. The highest BCUT2D eigenvalue weighted by Crippen LogP contribution is 2.46. The monoisotopic (exact) mass is 565 g/mol. The largest absolute Gasteiger partial charge is 0.477 e. The van der Waals surface area contributed by atoms with Crippen molar-refractivity contribution in [2.75, 3.05) is 6.61 Å². The van der Waals surface area contributed by atoms with Crippen LogP contribution in [0.2, 0.25) is 0 Å². The van der Waals surface area contributed by atoms with Gasteiger partial charge in [0.2, 0.25) is 0 Å². The lowest BCUT2D eigenvalue weighted by atomic mass is 10.0. The molecule has 3 rings (SSSR count). The summed E-state index contributed by atoms with van der Waals surface area (Å²) in [5.41, 5.74) is 0.0160. The number of aromatic nitrogens is 1. The third kappa shape index (κ3) is 8.34. The van der Waals surface area contributed by atoms with E-state index in [1.54, 1.807) is 57.3 Å². The van der Waals surface area contributed by atoms with Crippen LogP contribution in [0, 0.1) is 5.92 Å². The molecule has 1 aliphatic heterocycles. The second-order valence-corrected chi connectivity index (χ2v) is 11.1. The molecule has 6 atom stereocenters. The van der Waals surface area contributed by atoms with Gasteiger partial charge in [0.05, 0.1) is 18.8 Å². The summed E-state index contributed by atoms with van der Waals surface area (Å²) in [5.74, 6) is -2.52. The number of nitrogens with one attached hydrogen (secondary N) is 1. The highest BCUT2D eigenvalue weighted by molar-refractivity contribution is 7.52. The molecule has 1 saturated heterocycles. The number of rotatable bonds is 12. The number of esters is 2. The van der Waals surface area contributed by atoms with Gasteiger partial charge in [-0.3, -0.25) is 14.1 Å². The minimum atomic E-state index is -4.16. The third-order valence-electron chi connectivity index (χ3n) is 5.80. The topological polar surface area (TPSA) is 151 Å². The number of carboxylic acid groups (broad SMARTS) is 1. The smallest absolute Gasteiger partial charge is 0.459 e. The van der Waals surface area contributed by atoms with Crippen molar-refractivity contribution in [2.45, 2.75) is 65.2 Å². The molecule has 1 aromatic carbocycles. The fourth-order valence-corrected chi connectivity index (χ4v) is 5.43. The van der Waals surface area contributed by atoms with Gasteiger partial charge < -0.3 is 23.8 Å². The van der Waals surface area contributed by atoms with Gasteiger partial charge in [0.1, 0.15) is 17.4 Å². The molecule has 2 N–H and O–H groups in total. The SMILES string of the molecule is CC(=O)O[C@@H]1[C@H](C)[C@@H](COP(=O)(N[C@@H](C)C(=O)OC(C)C)Oc2ccccc2)O[C@H]1[n+]1cccc(C(=O)O)c1. The summed E-state index contributed by atoms with van der Waals surface area (Å²) in [5, 5.41) is 12.0. The number of carboxylic acids is 1. The number of benzene rings is 1. The van der Waals surface area contributed by atoms with E-state index in [1.165, 1.54) is 36.7 Å². The Hall–Kier alpha value is -3.31. The standard InChI is InChI=1S/C26H33N2O10P/c1-16(2)35-26(32)18(4)27-39(33,38-21-11-7-6-8-12-21)34-15-22-17(3)23(36-19(5)29)24(37-22)28-13-9-10-20(14-28)25(30)31/h6-14,16-18,22-24H,15H2,1-5H3,(H-,27,30,31,33)/p+1/t17-,18+,22-,23-,24-,39?/m1/s1. The number of carbonyl (C=O) groups excluding carboxylic acids is 2. The zero-order valence-electron chi connectivity index (χ0n) is 22.4. The molecule has 2 heterocycles. The van der Waals surface area contributed by atoms with Gasteiger partial charge in [-0.15, -0.1) is 0 Å². The molecule has 0 bridgehead atoms. The van der Waals surface area contributed by atoms with Crippen molar-refractivity contribution in [3.05, 3.63) is 60.4 Å². The summed E-state index contributed by atoms with van der Waals surface area (Å²) in [6.45, 7) is 7.62. The number of hydrogen-bond acceptors (Lipinski definition) is 9. The molecule has 12 nitrogen and oxygen atoms in total. The summed E-state index contributed by atoms with van der Waals surface area (Å²) in [6, 6.07) is 10.2. The molecule has 0 amide bonds. The van der Waals surface area contributed by atoms with Crippen molar-refractivity contribution in [2.24, 2.45) is 5.92 Å². The van der Waals surface area contributed by atoms with Crippen molar-refractivity contribution >= 4 is 25.7 Å². The van der Waals surface area contributed by atoms with Gasteiger partial charge in [-0.1, -0.05) is 25.1 Å². The van der Waals surface area contributed by atoms with Crippen LogP contribution in [-0.4, -0.2) is 54.0 Å². The molecular formula is C26H34N2O10P+. The van der Waals surface area contributed by atoms with Crippen LogP contribution in [0.15, 0.2) is 54.9 Å². The Morgan fingerprint density at radius 1 is 1.13 bits per heavy atom. The molecule has 212 valence electrons. The van der Waals surface area contributed by atoms with E-state index in [0.29, 0.717) is 0 Å². The number of nitrogens with zero attached hydrogens (tertiary/aromatic N) is 1. The van der Waals surface area contributed by atoms with Crippen molar-refractivity contribution < 1.29 is 51.9 Å². The average molecular weight is 566 g/mol. The second-order valence-electron chi connectivity index (χ2n) is 9.38. The molecule has 0 radical (unpaired) electrons. The molecule has 2 aromatic rings. The Morgan fingerprint density at radius 2 is 1.82 bits per heavy atom. The average Bonchev–Trinajstić information content (AvgIpc) is 3.17. The number of aromatic carboxylic acids is 1. The highest BCUT2D eigenvalue weighted by atomic mass is 31.2. The van der Waals surface area contributed by atoms with E-state index in [-0.39, 0.29) is 24.0 Å². The van der Waals surface area contributed by atoms with E-state index in [0.717, 1.165) is 0 Å². The van der Waals surface area contributed by atoms with Gasteiger partial charge in [0.25, 0.3) is 0 Å². The predicted molar refractivity (Wildman–Crippen MR) is 137 cm³/mol. The van der Waals surface area contributed by atoms with Gasteiger partial charge in [-0.05, 0) is 39.0 Å². The number of pyridine rings is 1. The molecule has 0 aliphatic carbocycles. The number of para-hydroxylation sites is 1. The van der Waals surface area contributed by atoms with E-state index >= 15 is 0 Å². The zero-order valence-corrected chi connectivity index (χ0v) is 23.3. The van der Waals surface area contributed by atoms with E-state index in [2.05, 4.69) is 5.09 Å². The number of carbonyl (C=O) groups is 3. The first kappa shape index (κ1) is 30.2. The molecular weight excluding hydrogens is 531 g/mol. The lowest BCUT2D eigenvalue weighted by Crippen LogP contribution is -2.46. The summed E-state index contributed by atoms with van der Waals surface area (Å²) in [6.07, 6.45) is 0.166. The van der Waals surface area contributed by atoms with Crippen molar-refractivity contribution in [1.29, 1.82) is 0 Å². The highest BCUT2D eigenvalue weighted by Gasteiger charge is 2.50. The zero-order chi connectivity index (χ0) is 28.7. The quantitative estimate of drug-likeness (QED) is 0.222. The van der Waals surface area contributed by atoms with Gasteiger partial charge >= 0.3 is 31.9 Å². The maximum absolute atomic E-state index is 13.8. The first-order valence-electron chi connectivity index (χ1n) is 12.4. The minimum Gasteiger partial charge on any atom is -0.477 e. The minimum absolute atomic E-state index is 0.0160. The summed E-state index contributed by atoms with van der Waals surface area (Å²) < 4.78 is 43.6. The maximum atomic E-state index is 13.8. The van der Waals surface area contributed by atoms with Gasteiger partial charge in [-0.2, -0.15) is 9.65 Å². The second kappa shape index (κ2) is 13.2. The summed E-state index contributed by atoms with van der Waals surface area (Å²) >= 11 is 0. The lowest BCUT2D eigenvalue weighted by molar-refractivity contribution is -0.765. The fraction of sp³-hybridized carbons (Fsp3) is 0.462. The number of ether oxygens (including phenoxy) is 3. The predicted octanol–water partition coefficient (Wildman–Crippen LogP) is 3.27. The van der Waals surface area contributed by atoms with E-state index in [1.807, 2.05) is 0 Å². The van der Waals surface area contributed by atoms with Crippen LogP contribution in [0.25, 0.3) is 0 Å². The Balaban J connectivity index is 1.82. The van der Waals surface area contributed by atoms with Crippen LogP contribution in [0.4, 0.5) is 0 Å². The van der Waals surface area contributed by atoms with Gasteiger partial charge in [0.15, 0.2) is 18.5 Å². The van der Waals surface area contributed by atoms with Crippen LogP contribution in [0.3, 0.4) is 0 Å². The van der Waals surface area contributed by atoms with E-state index < -0.39 is 56.0 Å². The molecule has 1 fully saturated rings. The first-order valence-corrected chi connectivity index (χ1v) is 14.0. The molecule has 1 unspecified atom stereocenters. The summed E-state index contributed by atoms with van der Waals surface area (Å²) in [4.78, 5) is 35.7. The Bertz CT molecular complexity index is 1210. The van der Waals surface area contributed by atoms with Crippen molar-refractivity contribution in [3.63, 3.8) is 0 Å². The molecule has 1 aliphatic rings. The Morgan fingerprint density at radius 3 is 2.44 bits per heavy atom. The third-order valence-corrected chi connectivity index (χ3v) is 7.44. The van der Waals surface area contributed by atoms with E-state index in [4.69, 9.17) is 23.3 Å². The molecule has 0 spiro atoms. The van der Waals surface area contributed by atoms with Crippen LogP contribution >= 0.6 is 7.75 Å². The van der Waals surface area contributed by atoms with Crippen LogP contribution in [0.1, 0.15) is 51.2 Å². The fourth-order valence-electron chi connectivity index (χ4n) is 3.92. The van der Waals surface area contributed by atoms with Gasteiger partial charge in [0, 0.05) is 18.9 Å². The lowest BCUT2D eigenvalue weighted by Gasteiger charge is -2.25. The van der Waals surface area contributed by atoms with Crippen LogP contribution in [0.5, 0.6) is 5.75 Å². The Labute approximate surface area is 226 Å². The molecule has 0 saturated carbocycles. The maximum Gasteiger partial charge on any atom is 0.459 e. The molecule has 39 heavy (non-hydrogen) atoms. The van der Waals surface area contributed by atoms with Crippen molar-refractivity contribution in [1.82, 2.24) is 5.09 Å². The van der Waals surface area contributed by atoms with E-state index in [9.17, 15) is 24.1 Å². The van der Waals surface area contributed by atoms with Crippen LogP contribution in [-0.2, 0) is 32.9 Å². The number of hydrogen-bond donors (Lipinski definition) is 2. The Kier molecular flexibility index (Phi) is 10.2. The normalized spacial score (nSPS) is 23.0.